The van der Waals surface area contributed by atoms with E-state index in [1.54, 1.807) is 0 Å². The molecule has 0 aliphatic carbocycles. The van der Waals surface area contributed by atoms with E-state index in [1.807, 2.05) is 0 Å². The third kappa shape index (κ3) is 3.52. The molecule has 0 amide bonds. The maximum Gasteiger partial charge on any atom is 0.115 e. The summed E-state index contributed by atoms with van der Waals surface area (Å²) in [6.07, 6.45) is -7.14. The van der Waals surface area contributed by atoms with E-state index >= 15 is 0 Å². The van der Waals surface area contributed by atoms with E-state index in [2.05, 4.69) is 0 Å². The van der Waals surface area contributed by atoms with Crippen molar-refractivity contribution in [3.8, 4) is 5.75 Å². The van der Waals surface area contributed by atoms with Gasteiger partial charge in [0.2, 0.25) is 0 Å². The van der Waals surface area contributed by atoms with E-state index in [0.29, 0.717) is 5.56 Å². The van der Waals surface area contributed by atoms with Crippen LogP contribution >= 0.6 is 0 Å². The van der Waals surface area contributed by atoms with Crippen LogP contribution in [0.2, 0.25) is 0 Å². The van der Waals surface area contributed by atoms with Gasteiger partial charge in [-0.05, 0) is 17.7 Å². The molecule has 7 heteroatoms. The lowest BCUT2D eigenvalue weighted by molar-refractivity contribution is -0.234. The number of aliphatic hydroxyl groups is 5. The van der Waals surface area contributed by atoms with Crippen LogP contribution < -0.4 is 0 Å². The largest absolute Gasteiger partial charge is 0.508 e. The first kappa shape index (κ1) is 16.2. The fraction of sp³-hybridized carbons (Fsp3) is 0.571. The zero-order valence-electron chi connectivity index (χ0n) is 11.3. The van der Waals surface area contributed by atoms with Gasteiger partial charge in [-0.25, -0.2) is 0 Å². The quantitative estimate of drug-likeness (QED) is 0.406. The molecule has 2 rings (SSSR count). The molecule has 0 spiro atoms. The smallest absolute Gasteiger partial charge is 0.115 e. The third-order valence-corrected chi connectivity index (χ3v) is 3.72. The number of phenolic OH excluding ortho intramolecular Hbond substituents is 1. The summed E-state index contributed by atoms with van der Waals surface area (Å²) >= 11 is 0. The number of phenols is 1. The minimum atomic E-state index is -1.45. The molecule has 6 N–H and O–H groups in total. The molecular formula is C14H20O7. The van der Waals surface area contributed by atoms with Crippen LogP contribution in [0.15, 0.2) is 24.3 Å². The van der Waals surface area contributed by atoms with Crippen molar-refractivity contribution in [1.29, 1.82) is 0 Å². The second-order valence-corrected chi connectivity index (χ2v) is 5.21. The first-order valence-electron chi connectivity index (χ1n) is 6.71. The molecule has 21 heavy (non-hydrogen) atoms. The zero-order valence-corrected chi connectivity index (χ0v) is 11.3. The van der Waals surface area contributed by atoms with Gasteiger partial charge in [0.15, 0.2) is 0 Å². The molecule has 1 aromatic rings. The second-order valence-electron chi connectivity index (χ2n) is 5.21. The van der Waals surface area contributed by atoms with Crippen LogP contribution in [0.1, 0.15) is 18.1 Å². The molecule has 0 saturated carbocycles. The summed E-state index contributed by atoms with van der Waals surface area (Å²) in [4.78, 5) is 0. The molecule has 1 aliphatic rings. The van der Waals surface area contributed by atoms with Gasteiger partial charge in [-0.15, -0.1) is 0 Å². The minimum absolute atomic E-state index is 0.0216. The average Bonchev–Trinajstić information content (AvgIpc) is 2.48. The van der Waals surface area contributed by atoms with Crippen molar-refractivity contribution in [3.63, 3.8) is 0 Å². The standard InChI is InChI=1S/C14H20O7/c15-6-11-13(19)14(20)12(18)10(21-11)5-9(17)7-1-3-8(16)4-2-7/h1-4,9-20H,5-6H2/t9?,10-,11+,12-,13+,14+/m0/s1. The van der Waals surface area contributed by atoms with Gasteiger partial charge in [-0.3, -0.25) is 0 Å². The Balaban J connectivity index is 2.05. The van der Waals surface area contributed by atoms with E-state index < -0.39 is 43.2 Å². The lowest BCUT2D eigenvalue weighted by atomic mass is 9.91. The first-order valence-corrected chi connectivity index (χ1v) is 6.71. The van der Waals surface area contributed by atoms with Crippen molar-refractivity contribution in [2.75, 3.05) is 6.61 Å². The van der Waals surface area contributed by atoms with Gasteiger partial charge in [0.05, 0.1) is 18.8 Å². The van der Waals surface area contributed by atoms with Crippen molar-refractivity contribution in [2.24, 2.45) is 0 Å². The summed E-state index contributed by atoms with van der Waals surface area (Å²) in [7, 11) is 0. The van der Waals surface area contributed by atoms with Gasteiger partial charge in [0, 0.05) is 6.42 Å². The van der Waals surface area contributed by atoms with E-state index in [-0.39, 0.29) is 12.2 Å². The molecule has 0 radical (unpaired) electrons. The summed E-state index contributed by atoms with van der Waals surface area (Å²) in [5.41, 5.74) is 0.518. The molecule has 7 nitrogen and oxygen atoms in total. The molecule has 0 aromatic heterocycles. The Morgan fingerprint density at radius 2 is 1.52 bits per heavy atom. The molecule has 1 saturated heterocycles. The van der Waals surface area contributed by atoms with Gasteiger partial charge in [0.1, 0.15) is 30.2 Å². The zero-order chi connectivity index (χ0) is 15.6. The van der Waals surface area contributed by atoms with Crippen LogP contribution in [-0.4, -0.2) is 67.8 Å². The van der Waals surface area contributed by atoms with E-state index in [4.69, 9.17) is 9.84 Å². The molecule has 6 atom stereocenters. The van der Waals surface area contributed by atoms with Crippen molar-refractivity contribution < 1.29 is 35.4 Å². The van der Waals surface area contributed by atoms with Crippen LogP contribution in [0, 0.1) is 0 Å². The molecular weight excluding hydrogens is 280 g/mol. The van der Waals surface area contributed by atoms with Crippen LogP contribution in [0.25, 0.3) is 0 Å². The second kappa shape index (κ2) is 6.69. The Morgan fingerprint density at radius 1 is 0.952 bits per heavy atom. The number of rotatable bonds is 4. The lowest BCUT2D eigenvalue weighted by Gasteiger charge is -2.40. The van der Waals surface area contributed by atoms with Crippen molar-refractivity contribution >= 4 is 0 Å². The molecule has 1 aromatic carbocycles. The van der Waals surface area contributed by atoms with E-state index in [9.17, 15) is 25.5 Å². The van der Waals surface area contributed by atoms with Crippen LogP contribution in [0.5, 0.6) is 5.75 Å². The van der Waals surface area contributed by atoms with Gasteiger partial charge < -0.3 is 35.4 Å². The van der Waals surface area contributed by atoms with Crippen LogP contribution in [0.3, 0.4) is 0 Å². The van der Waals surface area contributed by atoms with Gasteiger partial charge in [-0.2, -0.15) is 0 Å². The van der Waals surface area contributed by atoms with E-state index in [1.165, 1.54) is 24.3 Å². The van der Waals surface area contributed by atoms with Gasteiger partial charge >= 0.3 is 0 Å². The predicted molar refractivity (Wildman–Crippen MR) is 71.5 cm³/mol. The normalized spacial score (nSPS) is 34.6. The molecule has 118 valence electrons. The third-order valence-electron chi connectivity index (χ3n) is 3.72. The highest BCUT2D eigenvalue weighted by Gasteiger charge is 2.43. The fourth-order valence-electron chi connectivity index (χ4n) is 2.43. The number of aromatic hydroxyl groups is 1. The maximum atomic E-state index is 10.1. The minimum Gasteiger partial charge on any atom is -0.508 e. The Bertz CT molecular complexity index is 447. The maximum absolute atomic E-state index is 10.1. The molecule has 1 unspecified atom stereocenters. The highest BCUT2D eigenvalue weighted by atomic mass is 16.5. The number of benzene rings is 1. The highest BCUT2D eigenvalue weighted by molar-refractivity contribution is 5.27. The first-order chi connectivity index (χ1) is 9.93. The summed E-state index contributed by atoms with van der Waals surface area (Å²) < 4.78 is 5.33. The van der Waals surface area contributed by atoms with E-state index in [0.717, 1.165) is 0 Å². The van der Waals surface area contributed by atoms with Crippen LogP contribution in [0.4, 0.5) is 0 Å². The number of hydrogen-bond donors (Lipinski definition) is 6. The fourth-order valence-corrected chi connectivity index (χ4v) is 2.43. The Labute approximate surface area is 121 Å². The van der Waals surface area contributed by atoms with Crippen molar-refractivity contribution in [2.45, 2.75) is 43.0 Å². The molecule has 1 fully saturated rings. The lowest BCUT2D eigenvalue weighted by Crippen LogP contribution is -2.58. The average molecular weight is 300 g/mol. The molecule has 0 bridgehead atoms. The van der Waals surface area contributed by atoms with Gasteiger partial charge in [0.25, 0.3) is 0 Å². The summed E-state index contributed by atoms with van der Waals surface area (Å²) in [6.45, 7) is -0.503. The monoisotopic (exact) mass is 300 g/mol. The Morgan fingerprint density at radius 3 is 2.10 bits per heavy atom. The molecule has 1 aliphatic heterocycles. The topological polar surface area (TPSA) is 131 Å². The summed E-state index contributed by atoms with van der Waals surface area (Å²) in [5, 5.41) is 57.7. The highest BCUT2D eigenvalue weighted by Crippen LogP contribution is 2.28. The predicted octanol–water partition coefficient (Wildman–Crippen LogP) is -1.34. The number of ether oxygens (including phenoxy) is 1. The van der Waals surface area contributed by atoms with Crippen molar-refractivity contribution in [1.82, 2.24) is 0 Å². The Kier molecular flexibility index (Phi) is 5.15. The number of hydrogen-bond acceptors (Lipinski definition) is 7. The van der Waals surface area contributed by atoms with Crippen LogP contribution in [-0.2, 0) is 4.74 Å². The van der Waals surface area contributed by atoms with Crippen molar-refractivity contribution in [3.05, 3.63) is 29.8 Å². The summed E-state index contributed by atoms with van der Waals surface area (Å²) in [6, 6.07) is 5.91. The SMILES string of the molecule is OC[C@H]1O[C@@H](CC(O)c2ccc(O)cc2)[C@H](O)[C@@H](O)[C@@H]1O. The van der Waals surface area contributed by atoms with Gasteiger partial charge in [-0.1, -0.05) is 12.1 Å². The number of aliphatic hydroxyl groups excluding tert-OH is 5. The molecule has 1 heterocycles. The summed E-state index contributed by atoms with van der Waals surface area (Å²) in [5.74, 6) is 0.0683. The Hall–Kier alpha value is -1.22.